The summed E-state index contributed by atoms with van der Waals surface area (Å²) < 4.78 is 39.2. The molecule has 2 rings (SSSR count). The van der Waals surface area contributed by atoms with E-state index in [1.54, 1.807) is 0 Å². The molecule has 1 heterocycles. The number of carbonyl (C=O) groups excluding carboxylic acids is 1. The molecular weight excluding hydrogens is 257 g/mol. The van der Waals surface area contributed by atoms with Gasteiger partial charge < -0.3 is 5.73 Å². The molecule has 98 valence electrons. The minimum Gasteiger partial charge on any atom is -0.384 e. The molecule has 0 spiro atoms. The van der Waals surface area contributed by atoms with E-state index in [9.17, 15) is 18.0 Å². The van der Waals surface area contributed by atoms with Crippen molar-refractivity contribution in [3.05, 3.63) is 59.0 Å². The highest BCUT2D eigenvalue weighted by Gasteiger charge is 2.18. The molecule has 2 aromatic rings. The summed E-state index contributed by atoms with van der Waals surface area (Å²) in [6.45, 7) is 0. The second kappa shape index (κ2) is 5.09. The van der Waals surface area contributed by atoms with Crippen molar-refractivity contribution in [1.29, 1.82) is 0 Å². The van der Waals surface area contributed by atoms with Crippen LogP contribution >= 0.6 is 0 Å². The molecule has 0 radical (unpaired) electrons. The number of nitrogens with zero attached hydrogens (tertiary/aromatic N) is 1. The minimum absolute atomic E-state index is 0.172. The Morgan fingerprint density at radius 2 is 1.89 bits per heavy atom. The summed E-state index contributed by atoms with van der Waals surface area (Å²) in [4.78, 5) is 15.6. The molecule has 0 fully saturated rings. The standard InChI is InChI=1S/C13H9F3N2O/c14-9-2-1-8(12(15)13(9)16)10(19)5-7-3-4-18-11(17)6-7/h1-4,6H,5H2,(H2,17,18). The molecule has 0 aliphatic rings. The summed E-state index contributed by atoms with van der Waals surface area (Å²) in [5, 5.41) is 0. The second-order valence-electron chi connectivity index (χ2n) is 3.91. The van der Waals surface area contributed by atoms with Gasteiger partial charge in [0.15, 0.2) is 23.2 Å². The highest BCUT2D eigenvalue weighted by atomic mass is 19.2. The van der Waals surface area contributed by atoms with E-state index in [-0.39, 0.29) is 12.2 Å². The van der Waals surface area contributed by atoms with Gasteiger partial charge >= 0.3 is 0 Å². The fourth-order valence-electron chi connectivity index (χ4n) is 1.63. The lowest BCUT2D eigenvalue weighted by molar-refractivity contribution is 0.0988. The summed E-state index contributed by atoms with van der Waals surface area (Å²) >= 11 is 0. The normalized spacial score (nSPS) is 10.5. The molecule has 0 aliphatic heterocycles. The van der Waals surface area contributed by atoms with E-state index in [4.69, 9.17) is 5.73 Å². The zero-order chi connectivity index (χ0) is 14.0. The molecule has 0 unspecified atom stereocenters. The van der Waals surface area contributed by atoms with Gasteiger partial charge in [0.05, 0.1) is 5.56 Å². The largest absolute Gasteiger partial charge is 0.384 e. The maximum atomic E-state index is 13.4. The summed E-state index contributed by atoms with van der Waals surface area (Å²) in [5.41, 5.74) is 5.46. The number of pyridine rings is 1. The van der Waals surface area contributed by atoms with Crippen LogP contribution < -0.4 is 5.73 Å². The number of benzene rings is 1. The number of hydrogen-bond donors (Lipinski definition) is 1. The maximum absolute atomic E-state index is 13.4. The third kappa shape index (κ3) is 2.73. The quantitative estimate of drug-likeness (QED) is 0.686. The van der Waals surface area contributed by atoms with Crippen molar-refractivity contribution < 1.29 is 18.0 Å². The summed E-state index contributed by atoms with van der Waals surface area (Å²) in [6, 6.07) is 4.62. The molecule has 19 heavy (non-hydrogen) atoms. The van der Waals surface area contributed by atoms with Crippen molar-refractivity contribution in [1.82, 2.24) is 4.98 Å². The Morgan fingerprint density at radius 1 is 1.16 bits per heavy atom. The van der Waals surface area contributed by atoms with Crippen LogP contribution in [-0.2, 0) is 6.42 Å². The smallest absolute Gasteiger partial charge is 0.195 e. The highest BCUT2D eigenvalue weighted by molar-refractivity contribution is 5.97. The predicted octanol–water partition coefficient (Wildman–Crippen LogP) is 2.51. The topological polar surface area (TPSA) is 56.0 Å². The van der Waals surface area contributed by atoms with Gasteiger partial charge in [0, 0.05) is 12.6 Å². The van der Waals surface area contributed by atoms with Gasteiger partial charge in [0.1, 0.15) is 5.82 Å². The number of nitrogens with two attached hydrogens (primary N) is 1. The third-order valence-electron chi connectivity index (χ3n) is 2.55. The van der Waals surface area contributed by atoms with Gasteiger partial charge in [0.2, 0.25) is 0 Å². The number of rotatable bonds is 3. The second-order valence-corrected chi connectivity index (χ2v) is 3.91. The van der Waals surface area contributed by atoms with Crippen LogP contribution in [0.4, 0.5) is 19.0 Å². The first-order chi connectivity index (χ1) is 8.99. The number of nitrogen functional groups attached to an aromatic ring is 1. The number of Topliss-reactive ketones (excluding diaryl/α,β-unsaturated/α-hetero) is 1. The minimum atomic E-state index is -1.65. The van der Waals surface area contributed by atoms with E-state index >= 15 is 0 Å². The zero-order valence-electron chi connectivity index (χ0n) is 9.66. The Kier molecular flexibility index (Phi) is 3.50. The molecule has 1 aromatic carbocycles. The highest BCUT2D eigenvalue weighted by Crippen LogP contribution is 2.17. The van der Waals surface area contributed by atoms with Crippen LogP contribution in [0.1, 0.15) is 15.9 Å². The van der Waals surface area contributed by atoms with Gasteiger partial charge in [-0.1, -0.05) is 0 Å². The monoisotopic (exact) mass is 266 g/mol. The molecular formula is C13H9F3N2O. The van der Waals surface area contributed by atoms with Gasteiger partial charge in [-0.2, -0.15) is 0 Å². The van der Waals surface area contributed by atoms with E-state index < -0.39 is 28.8 Å². The molecule has 0 aliphatic carbocycles. The third-order valence-corrected chi connectivity index (χ3v) is 2.55. The molecule has 3 nitrogen and oxygen atoms in total. The molecule has 2 N–H and O–H groups in total. The van der Waals surface area contributed by atoms with Gasteiger partial charge in [-0.15, -0.1) is 0 Å². The lowest BCUT2D eigenvalue weighted by atomic mass is 10.0. The van der Waals surface area contributed by atoms with Gasteiger partial charge in [0.25, 0.3) is 0 Å². The van der Waals surface area contributed by atoms with E-state index in [0.717, 1.165) is 6.07 Å². The summed E-state index contributed by atoms with van der Waals surface area (Å²) in [5.74, 6) is -4.91. The number of halogens is 3. The van der Waals surface area contributed by atoms with E-state index in [1.807, 2.05) is 0 Å². The lowest BCUT2D eigenvalue weighted by Crippen LogP contribution is -2.09. The number of carbonyl (C=O) groups is 1. The van der Waals surface area contributed by atoms with Crippen molar-refractivity contribution in [2.24, 2.45) is 0 Å². The van der Waals surface area contributed by atoms with Crippen LogP contribution in [0.25, 0.3) is 0 Å². The first-order valence-corrected chi connectivity index (χ1v) is 5.36. The molecule has 0 saturated carbocycles. The predicted molar refractivity (Wildman–Crippen MR) is 63.0 cm³/mol. The first-order valence-electron chi connectivity index (χ1n) is 5.36. The molecule has 6 heteroatoms. The summed E-state index contributed by atoms with van der Waals surface area (Å²) in [7, 11) is 0. The first kappa shape index (κ1) is 13.1. The van der Waals surface area contributed by atoms with Crippen LogP contribution in [-0.4, -0.2) is 10.8 Å². The SMILES string of the molecule is Nc1cc(CC(=O)c2ccc(F)c(F)c2F)ccn1. The Balaban J connectivity index is 2.28. The molecule has 0 amide bonds. The van der Waals surface area contributed by atoms with Crippen molar-refractivity contribution in [2.75, 3.05) is 5.73 Å². The number of aromatic nitrogens is 1. The van der Waals surface area contributed by atoms with Crippen molar-refractivity contribution >= 4 is 11.6 Å². The van der Waals surface area contributed by atoms with Crippen molar-refractivity contribution in [2.45, 2.75) is 6.42 Å². The average Bonchev–Trinajstić information content (AvgIpc) is 2.36. The van der Waals surface area contributed by atoms with Crippen LogP contribution in [0.5, 0.6) is 0 Å². The number of hydrogen-bond acceptors (Lipinski definition) is 3. The van der Waals surface area contributed by atoms with E-state index in [2.05, 4.69) is 4.98 Å². The molecule has 0 atom stereocenters. The van der Waals surface area contributed by atoms with E-state index in [1.165, 1.54) is 18.3 Å². The van der Waals surface area contributed by atoms with Crippen LogP contribution in [0.3, 0.4) is 0 Å². The Hall–Kier alpha value is -2.37. The lowest BCUT2D eigenvalue weighted by Gasteiger charge is -2.04. The Bertz CT molecular complexity index is 644. The zero-order valence-corrected chi connectivity index (χ0v) is 9.66. The van der Waals surface area contributed by atoms with Crippen molar-refractivity contribution in [3.8, 4) is 0 Å². The maximum Gasteiger partial charge on any atom is 0.195 e. The van der Waals surface area contributed by atoms with Gasteiger partial charge in [-0.05, 0) is 29.8 Å². The Morgan fingerprint density at radius 3 is 2.58 bits per heavy atom. The van der Waals surface area contributed by atoms with Crippen LogP contribution in [0, 0.1) is 17.5 Å². The van der Waals surface area contributed by atoms with Crippen LogP contribution in [0.15, 0.2) is 30.5 Å². The fraction of sp³-hybridized carbons (Fsp3) is 0.0769. The van der Waals surface area contributed by atoms with E-state index in [0.29, 0.717) is 11.6 Å². The van der Waals surface area contributed by atoms with Crippen LogP contribution in [0.2, 0.25) is 0 Å². The van der Waals surface area contributed by atoms with Gasteiger partial charge in [-0.25, -0.2) is 18.2 Å². The van der Waals surface area contributed by atoms with Gasteiger partial charge in [-0.3, -0.25) is 4.79 Å². The molecule has 1 aromatic heterocycles. The Labute approximate surface area is 106 Å². The molecule has 0 saturated heterocycles. The average molecular weight is 266 g/mol. The number of ketones is 1. The molecule has 0 bridgehead atoms. The summed E-state index contributed by atoms with van der Waals surface area (Å²) in [6.07, 6.45) is 1.23. The van der Waals surface area contributed by atoms with Crippen molar-refractivity contribution in [3.63, 3.8) is 0 Å². The number of anilines is 1. The fourth-order valence-corrected chi connectivity index (χ4v) is 1.63.